The van der Waals surface area contributed by atoms with Crippen LogP contribution in [0.3, 0.4) is 0 Å². The zero-order chi connectivity index (χ0) is 21.3. The lowest BCUT2D eigenvalue weighted by atomic mass is 9.89. The first-order chi connectivity index (χ1) is 14.9. The van der Waals surface area contributed by atoms with E-state index in [4.69, 9.17) is 0 Å². The minimum atomic E-state index is 0.554. The summed E-state index contributed by atoms with van der Waals surface area (Å²) in [5, 5.41) is 2.79. The van der Waals surface area contributed by atoms with Gasteiger partial charge < -0.3 is 0 Å². The molecule has 0 aliphatic rings. The molecule has 0 nitrogen and oxygen atoms in total. The van der Waals surface area contributed by atoms with Crippen molar-refractivity contribution in [3.05, 3.63) is 60.2 Å². The first-order valence-corrected chi connectivity index (χ1v) is 13.0. The van der Waals surface area contributed by atoms with Gasteiger partial charge in [-0.05, 0) is 35.6 Å². The van der Waals surface area contributed by atoms with Gasteiger partial charge in [0.05, 0.1) is 0 Å². The van der Waals surface area contributed by atoms with Crippen LogP contribution in [-0.2, 0) is 0 Å². The van der Waals surface area contributed by atoms with Crippen molar-refractivity contribution in [3.63, 3.8) is 0 Å². The highest BCUT2D eigenvalue weighted by molar-refractivity contribution is 5.86. The number of hydrogen-bond donors (Lipinski definition) is 0. The Balaban J connectivity index is 1.62. The molecule has 0 amide bonds. The van der Waals surface area contributed by atoms with Gasteiger partial charge in [-0.1, -0.05) is 146 Å². The summed E-state index contributed by atoms with van der Waals surface area (Å²) < 4.78 is 0. The van der Waals surface area contributed by atoms with Crippen LogP contribution in [0, 0.1) is 0 Å². The van der Waals surface area contributed by atoms with E-state index in [0.29, 0.717) is 5.92 Å². The van der Waals surface area contributed by atoms with Gasteiger partial charge in [-0.2, -0.15) is 0 Å². The maximum absolute atomic E-state index is 2.49. The number of allylic oxidation sites excluding steroid dienone is 2. The second kappa shape index (κ2) is 16.2. The van der Waals surface area contributed by atoms with Crippen LogP contribution >= 0.6 is 0 Å². The molecule has 0 fully saturated rings. The van der Waals surface area contributed by atoms with Gasteiger partial charge in [0.15, 0.2) is 0 Å². The summed E-state index contributed by atoms with van der Waals surface area (Å²) in [6.45, 7) is 4.60. The summed E-state index contributed by atoms with van der Waals surface area (Å²) in [5.74, 6) is 0.554. The Kier molecular flexibility index (Phi) is 13.3. The van der Waals surface area contributed by atoms with Gasteiger partial charge in [0.2, 0.25) is 0 Å². The van der Waals surface area contributed by atoms with E-state index in [0.717, 1.165) is 0 Å². The molecule has 30 heavy (non-hydrogen) atoms. The average molecular weight is 407 g/mol. The topological polar surface area (TPSA) is 0 Å². The number of hydrogen-bond acceptors (Lipinski definition) is 0. The molecule has 2 aromatic carbocycles. The Morgan fingerprint density at radius 2 is 1.23 bits per heavy atom. The molecule has 0 saturated carbocycles. The molecule has 0 aliphatic heterocycles. The second-order valence-corrected chi connectivity index (χ2v) is 9.07. The van der Waals surface area contributed by atoms with Crippen LogP contribution in [0.15, 0.2) is 54.6 Å². The van der Waals surface area contributed by atoms with Crippen molar-refractivity contribution in [3.8, 4) is 0 Å². The van der Waals surface area contributed by atoms with E-state index in [9.17, 15) is 0 Å². The van der Waals surface area contributed by atoms with Crippen LogP contribution in [0.4, 0.5) is 0 Å². The van der Waals surface area contributed by atoms with Gasteiger partial charge in [-0.15, -0.1) is 0 Å². The fourth-order valence-electron chi connectivity index (χ4n) is 4.60. The quantitative estimate of drug-likeness (QED) is 0.181. The van der Waals surface area contributed by atoms with Crippen LogP contribution in [0.1, 0.15) is 122 Å². The number of rotatable bonds is 17. The van der Waals surface area contributed by atoms with E-state index in [-0.39, 0.29) is 0 Å². The Bertz CT molecular complexity index is 691. The fraction of sp³-hybridized carbons (Fsp3) is 0.600. The standard InChI is InChI=1S/C30H46/c1-3-5-6-7-8-9-10-11-12-13-14-15-16-17-22-27(21-4-2)30-26-20-24-28-23-18-19-25-29(28)30/h17-20,22-27H,3-16,21H2,1-2H3/b22-17+. The van der Waals surface area contributed by atoms with Crippen LogP contribution < -0.4 is 0 Å². The van der Waals surface area contributed by atoms with Gasteiger partial charge >= 0.3 is 0 Å². The first kappa shape index (κ1) is 24.7. The predicted octanol–water partition coefficient (Wildman–Crippen LogP) is 10.4. The lowest BCUT2D eigenvalue weighted by Gasteiger charge is -2.15. The number of fused-ring (bicyclic) bond motifs is 1. The zero-order valence-electron chi connectivity index (χ0n) is 19.9. The molecule has 0 heterocycles. The predicted molar refractivity (Wildman–Crippen MR) is 136 cm³/mol. The average Bonchev–Trinajstić information content (AvgIpc) is 2.78. The number of benzene rings is 2. The first-order valence-electron chi connectivity index (χ1n) is 13.0. The Morgan fingerprint density at radius 1 is 0.633 bits per heavy atom. The molecule has 0 aliphatic carbocycles. The van der Waals surface area contributed by atoms with Crippen LogP contribution in [0.25, 0.3) is 10.8 Å². The lowest BCUT2D eigenvalue weighted by Crippen LogP contribution is -1.96. The third-order valence-corrected chi connectivity index (χ3v) is 6.42. The molecular formula is C30H46. The van der Waals surface area contributed by atoms with Crippen molar-refractivity contribution in [1.29, 1.82) is 0 Å². The lowest BCUT2D eigenvalue weighted by molar-refractivity contribution is 0.544. The highest BCUT2D eigenvalue weighted by Gasteiger charge is 2.10. The van der Waals surface area contributed by atoms with Crippen molar-refractivity contribution in [1.82, 2.24) is 0 Å². The maximum atomic E-state index is 2.49. The van der Waals surface area contributed by atoms with Gasteiger partial charge in [-0.3, -0.25) is 0 Å². The molecular weight excluding hydrogens is 360 g/mol. The largest absolute Gasteiger partial charge is 0.0879 e. The highest BCUT2D eigenvalue weighted by atomic mass is 14.1. The normalized spacial score (nSPS) is 12.7. The molecule has 1 unspecified atom stereocenters. The fourth-order valence-corrected chi connectivity index (χ4v) is 4.60. The van der Waals surface area contributed by atoms with Crippen molar-refractivity contribution < 1.29 is 0 Å². The minimum Gasteiger partial charge on any atom is -0.0879 e. The Labute approximate surface area is 187 Å². The molecule has 1 atom stereocenters. The van der Waals surface area contributed by atoms with Gasteiger partial charge in [0, 0.05) is 5.92 Å². The molecule has 0 heteroatoms. The van der Waals surface area contributed by atoms with Gasteiger partial charge in [0.1, 0.15) is 0 Å². The maximum Gasteiger partial charge on any atom is 0.00240 e. The zero-order valence-corrected chi connectivity index (χ0v) is 19.9. The van der Waals surface area contributed by atoms with Crippen molar-refractivity contribution in [2.75, 3.05) is 0 Å². The third-order valence-electron chi connectivity index (χ3n) is 6.42. The summed E-state index contributed by atoms with van der Waals surface area (Å²) >= 11 is 0. The van der Waals surface area contributed by atoms with E-state index >= 15 is 0 Å². The molecule has 2 rings (SSSR count). The van der Waals surface area contributed by atoms with E-state index in [1.54, 1.807) is 0 Å². The second-order valence-electron chi connectivity index (χ2n) is 9.07. The van der Waals surface area contributed by atoms with Crippen LogP contribution in [0.2, 0.25) is 0 Å². The molecule has 0 bridgehead atoms. The van der Waals surface area contributed by atoms with Crippen molar-refractivity contribution in [2.24, 2.45) is 0 Å². The van der Waals surface area contributed by atoms with Crippen LogP contribution in [-0.4, -0.2) is 0 Å². The summed E-state index contributed by atoms with van der Waals surface area (Å²) in [5.41, 5.74) is 1.50. The van der Waals surface area contributed by atoms with E-state index in [1.807, 2.05) is 0 Å². The third kappa shape index (κ3) is 9.50. The van der Waals surface area contributed by atoms with E-state index < -0.39 is 0 Å². The molecule has 2 aromatic rings. The van der Waals surface area contributed by atoms with Gasteiger partial charge in [-0.25, -0.2) is 0 Å². The summed E-state index contributed by atoms with van der Waals surface area (Å²) in [6, 6.07) is 15.6. The van der Waals surface area contributed by atoms with E-state index in [2.05, 4.69) is 68.5 Å². The SMILES string of the molecule is CCCCCCCCCCCCCC/C=C/C(CCC)c1cccc2ccccc12. The van der Waals surface area contributed by atoms with Crippen molar-refractivity contribution >= 4 is 10.8 Å². The molecule has 0 radical (unpaired) electrons. The summed E-state index contributed by atoms with van der Waals surface area (Å²) in [7, 11) is 0. The molecule has 166 valence electrons. The minimum absolute atomic E-state index is 0.554. The summed E-state index contributed by atoms with van der Waals surface area (Å²) in [6.07, 6.45) is 25.8. The monoisotopic (exact) mass is 406 g/mol. The Morgan fingerprint density at radius 3 is 1.90 bits per heavy atom. The molecule has 0 spiro atoms. The Hall–Kier alpha value is -1.56. The summed E-state index contributed by atoms with van der Waals surface area (Å²) in [4.78, 5) is 0. The van der Waals surface area contributed by atoms with Crippen molar-refractivity contribution in [2.45, 2.75) is 116 Å². The molecule has 0 aromatic heterocycles. The smallest absolute Gasteiger partial charge is 0.00240 e. The molecule has 0 N–H and O–H groups in total. The number of unbranched alkanes of at least 4 members (excludes halogenated alkanes) is 12. The highest BCUT2D eigenvalue weighted by Crippen LogP contribution is 2.30. The van der Waals surface area contributed by atoms with Crippen LogP contribution in [0.5, 0.6) is 0 Å². The van der Waals surface area contributed by atoms with E-state index in [1.165, 1.54) is 113 Å². The molecule has 0 saturated heterocycles. The van der Waals surface area contributed by atoms with Gasteiger partial charge in [0.25, 0.3) is 0 Å².